The number of hydrogen-bond acceptors (Lipinski definition) is 4. The van der Waals surface area contributed by atoms with E-state index in [0.29, 0.717) is 6.54 Å². The molecule has 1 saturated heterocycles. The van der Waals surface area contributed by atoms with Gasteiger partial charge in [0, 0.05) is 42.6 Å². The van der Waals surface area contributed by atoms with Gasteiger partial charge in [-0.2, -0.15) is 0 Å². The summed E-state index contributed by atoms with van der Waals surface area (Å²) in [4.78, 5) is 5.45. The van der Waals surface area contributed by atoms with Crippen molar-refractivity contribution in [2.24, 2.45) is 0 Å². The third kappa shape index (κ3) is 4.69. The number of anilines is 1. The van der Waals surface area contributed by atoms with Gasteiger partial charge in [-0.1, -0.05) is 40.2 Å². The van der Waals surface area contributed by atoms with Crippen LogP contribution in [0.25, 0.3) is 10.8 Å². The number of nitrogens with one attached hydrogen (secondary N) is 1. The van der Waals surface area contributed by atoms with Crippen LogP contribution in [0.3, 0.4) is 0 Å². The molecule has 0 aromatic heterocycles. The van der Waals surface area contributed by atoms with E-state index in [9.17, 15) is 4.21 Å². The van der Waals surface area contributed by atoms with Crippen LogP contribution in [0.1, 0.15) is 18.4 Å². The minimum Gasteiger partial charge on any atom is -0.495 e. The number of likely N-dealkylation sites (N-methyl/N-ethyl adjacent to an activating group) is 1. The van der Waals surface area contributed by atoms with Gasteiger partial charge >= 0.3 is 0 Å². The van der Waals surface area contributed by atoms with E-state index in [1.54, 1.807) is 7.11 Å². The Balaban J connectivity index is 1.35. The molecule has 1 aliphatic carbocycles. The fraction of sp³-hybridized carbons (Fsp3) is 0.385. The largest absolute Gasteiger partial charge is 0.495 e. The molecule has 1 N–H and O–H groups in total. The zero-order chi connectivity index (χ0) is 23.0. The van der Waals surface area contributed by atoms with Crippen molar-refractivity contribution in [2.45, 2.75) is 23.2 Å². The summed E-state index contributed by atoms with van der Waals surface area (Å²) in [6, 6.07) is 18.8. The zero-order valence-corrected chi connectivity index (χ0v) is 21.5. The number of piperazine rings is 1. The topological polar surface area (TPSA) is 44.8 Å². The van der Waals surface area contributed by atoms with Crippen molar-refractivity contribution in [3.05, 3.63) is 64.6 Å². The standard InChI is InChI=1S/C26H30BrN3O2S/c1-29-12-14-30(15-13-29)24-17-21(8-9-25(24)32-2)33(31)28-18-26(10-11-26)23-5-3-4-19-6-7-20(27)16-22(19)23/h3-9,16-17,28H,10-15,18H2,1-2H3. The summed E-state index contributed by atoms with van der Waals surface area (Å²) in [5, 5.41) is 2.52. The zero-order valence-electron chi connectivity index (χ0n) is 19.1. The Morgan fingerprint density at radius 1 is 1.06 bits per heavy atom. The number of hydrogen-bond donors (Lipinski definition) is 1. The van der Waals surface area contributed by atoms with Crippen LogP contribution in [0.5, 0.6) is 5.75 Å². The van der Waals surface area contributed by atoms with Crippen LogP contribution in [-0.4, -0.2) is 56.0 Å². The van der Waals surface area contributed by atoms with Crippen molar-refractivity contribution in [1.82, 2.24) is 9.62 Å². The van der Waals surface area contributed by atoms with Crippen LogP contribution in [-0.2, 0) is 16.4 Å². The number of halogens is 1. The van der Waals surface area contributed by atoms with E-state index in [1.165, 1.54) is 16.3 Å². The van der Waals surface area contributed by atoms with Gasteiger partial charge < -0.3 is 14.5 Å². The molecule has 2 fully saturated rings. The van der Waals surface area contributed by atoms with E-state index in [4.69, 9.17) is 4.74 Å². The summed E-state index contributed by atoms with van der Waals surface area (Å²) < 4.78 is 23.3. The van der Waals surface area contributed by atoms with Gasteiger partial charge in [-0.25, -0.2) is 8.93 Å². The molecule has 1 saturated carbocycles. The lowest BCUT2D eigenvalue weighted by Crippen LogP contribution is -2.44. The molecule has 1 unspecified atom stereocenters. The highest BCUT2D eigenvalue weighted by atomic mass is 79.9. The van der Waals surface area contributed by atoms with Gasteiger partial charge in [0.2, 0.25) is 0 Å². The molecule has 3 aromatic carbocycles. The molecular weight excluding hydrogens is 498 g/mol. The lowest BCUT2D eigenvalue weighted by atomic mass is 9.91. The van der Waals surface area contributed by atoms with Crippen molar-refractivity contribution in [3.8, 4) is 5.75 Å². The first kappa shape index (κ1) is 22.8. The van der Waals surface area contributed by atoms with Crippen molar-refractivity contribution >= 4 is 43.4 Å². The third-order valence-electron chi connectivity index (χ3n) is 7.02. The molecule has 3 aromatic rings. The maximum Gasteiger partial charge on any atom is 0.142 e. The summed E-state index contributed by atoms with van der Waals surface area (Å²) in [6.07, 6.45) is 2.22. The molecule has 0 amide bonds. The van der Waals surface area contributed by atoms with Gasteiger partial charge in [0.25, 0.3) is 0 Å². The summed E-state index contributed by atoms with van der Waals surface area (Å²) in [5.41, 5.74) is 2.42. The summed E-state index contributed by atoms with van der Waals surface area (Å²) in [6.45, 7) is 4.60. The van der Waals surface area contributed by atoms with E-state index in [1.807, 2.05) is 18.2 Å². The molecule has 33 heavy (non-hydrogen) atoms. The highest BCUT2D eigenvalue weighted by Gasteiger charge is 2.45. The first-order valence-electron chi connectivity index (χ1n) is 11.4. The van der Waals surface area contributed by atoms with Crippen LogP contribution < -0.4 is 14.4 Å². The number of fused-ring (bicyclic) bond motifs is 1. The predicted molar refractivity (Wildman–Crippen MR) is 140 cm³/mol. The average Bonchev–Trinajstić information content (AvgIpc) is 3.63. The molecule has 1 aliphatic heterocycles. The van der Waals surface area contributed by atoms with Crippen molar-refractivity contribution < 1.29 is 8.95 Å². The van der Waals surface area contributed by atoms with Crippen molar-refractivity contribution in [1.29, 1.82) is 0 Å². The fourth-order valence-corrected chi connectivity index (χ4v) is 6.11. The van der Waals surface area contributed by atoms with Crippen LogP contribution in [0.15, 0.2) is 64.0 Å². The highest BCUT2D eigenvalue weighted by Crippen LogP contribution is 2.50. The molecule has 174 valence electrons. The number of ether oxygens (including phenoxy) is 1. The Bertz CT molecular complexity index is 1190. The summed E-state index contributed by atoms with van der Waals surface area (Å²) in [5.74, 6) is 0.834. The molecule has 0 bridgehead atoms. The first-order chi connectivity index (χ1) is 16.0. The molecule has 5 nitrogen and oxygen atoms in total. The Hall–Kier alpha value is -1.93. The predicted octanol–water partition coefficient (Wildman–Crippen LogP) is 4.71. The van der Waals surface area contributed by atoms with Crippen LogP contribution >= 0.6 is 15.9 Å². The van der Waals surface area contributed by atoms with Gasteiger partial charge in [-0.05, 0) is 66.6 Å². The number of methoxy groups -OCH3 is 1. The van der Waals surface area contributed by atoms with Crippen LogP contribution in [0.2, 0.25) is 0 Å². The Morgan fingerprint density at radius 2 is 1.85 bits per heavy atom. The van der Waals surface area contributed by atoms with E-state index in [-0.39, 0.29) is 5.41 Å². The highest BCUT2D eigenvalue weighted by molar-refractivity contribution is 9.10. The summed E-state index contributed by atoms with van der Waals surface area (Å²) in [7, 11) is 2.56. The molecular formula is C26H30BrN3O2S. The Kier molecular flexibility index (Phi) is 6.49. The SMILES string of the molecule is COc1ccc(S(=O)NCC2(c3cccc4ccc(Br)cc34)CC2)cc1N1CCN(C)CC1. The van der Waals surface area contributed by atoms with Crippen LogP contribution in [0.4, 0.5) is 5.69 Å². The monoisotopic (exact) mass is 527 g/mol. The molecule has 7 heteroatoms. The van der Waals surface area contributed by atoms with Crippen molar-refractivity contribution in [2.75, 3.05) is 51.8 Å². The van der Waals surface area contributed by atoms with Crippen LogP contribution in [0, 0.1) is 0 Å². The second-order valence-electron chi connectivity index (χ2n) is 9.17. The fourth-order valence-electron chi connectivity index (χ4n) is 4.77. The van der Waals surface area contributed by atoms with E-state index in [0.717, 1.165) is 59.8 Å². The lowest BCUT2D eigenvalue weighted by molar-refractivity contribution is 0.311. The first-order valence-corrected chi connectivity index (χ1v) is 13.4. The second kappa shape index (κ2) is 9.37. The molecule has 0 radical (unpaired) electrons. The minimum atomic E-state index is -1.29. The molecule has 1 atom stereocenters. The number of nitrogens with zero attached hydrogens (tertiary/aromatic N) is 2. The molecule has 1 heterocycles. The lowest BCUT2D eigenvalue weighted by Gasteiger charge is -2.34. The maximum atomic E-state index is 13.3. The summed E-state index contributed by atoms with van der Waals surface area (Å²) >= 11 is 3.62. The average molecular weight is 529 g/mol. The van der Waals surface area contributed by atoms with Gasteiger partial charge in [-0.15, -0.1) is 0 Å². The van der Waals surface area contributed by atoms with Gasteiger partial charge in [-0.3, -0.25) is 0 Å². The van der Waals surface area contributed by atoms with E-state index >= 15 is 0 Å². The Labute approximate surface area is 206 Å². The normalized spacial score (nSPS) is 18.9. The van der Waals surface area contributed by atoms with Crippen molar-refractivity contribution in [3.63, 3.8) is 0 Å². The molecule has 5 rings (SSSR count). The number of rotatable bonds is 7. The smallest absolute Gasteiger partial charge is 0.142 e. The quantitative estimate of drug-likeness (QED) is 0.483. The Morgan fingerprint density at radius 3 is 2.58 bits per heavy atom. The molecule has 2 aliphatic rings. The second-order valence-corrected chi connectivity index (χ2v) is 11.4. The van der Waals surface area contributed by atoms with Gasteiger partial charge in [0.1, 0.15) is 16.7 Å². The van der Waals surface area contributed by atoms with E-state index < -0.39 is 11.0 Å². The minimum absolute atomic E-state index is 0.0444. The maximum absolute atomic E-state index is 13.3. The van der Waals surface area contributed by atoms with Gasteiger partial charge in [0.05, 0.1) is 17.7 Å². The molecule has 0 spiro atoms. The van der Waals surface area contributed by atoms with Gasteiger partial charge in [0.15, 0.2) is 0 Å². The van der Waals surface area contributed by atoms with E-state index in [2.05, 4.69) is 73.9 Å². The number of benzene rings is 3. The third-order valence-corrected chi connectivity index (χ3v) is 8.60.